The molecule has 1 heterocycles. The third-order valence-corrected chi connectivity index (χ3v) is 6.71. The van der Waals surface area contributed by atoms with Crippen molar-refractivity contribution in [1.29, 1.82) is 0 Å². The van der Waals surface area contributed by atoms with Gasteiger partial charge in [0.05, 0.1) is 18.8 Å². The molecule has 1 aliphatic heterocycles. The Balaban J connectivity index is 1.44. The minimum absolute atomic E-state index is 0.0289. The number of nitrogens with one attached hydrogen (secondary N) is 1. The fraction of sp³-hybridized carbons (Fsp3) is 0.269. The molecule has 0 saturated carbocycles. The van der Waals surface area contributed by atoms with Crippen LogP contribution in [0.25, 0.3) is 0 Å². The van der Waals surface area contributed by atoms with Gasteiger partial charge in [-0.1, -0.05) is 23.8 Å². The molecule has 1 saturated heterocycles. The summed E-state index contributed by atoms with van der Waals surface area (Å²) in [5.41, 5.74) is 2.75. The number of nitrogens with zero attached hydrogens (tertiary/aromatic N) is 1. The van der Waals surface area contributed by atoms with E-state index in [0.717, 1.165) is 23.3 Å². The molecule has 0 aliphatic carbocycles. The first-order chi connectivity index (χ1) is 17.1. The van der Waals surface area contributed by atoms with Crippen molar-refractivity contribution in [2.75, 3.05) is 24.9 Å². The zero-order valence-corrected chi connectivity index (χ0v) is 20.9. The van der Waals surface area contributed by atoms with Crippen LogP contribution in [-0.2, 0) is 15.0 Å². The number of carbonyl (C=O) groups excluding carboxylic acids is 1. The summed E-state index contributed by atoms with van der Waals surface area (Å²) < 4.78 is 56.8. The Kier molecular flexibility index (Phi) is 7.46. The lowest BCUT2D eigenvalue weighted by atomic mass is 10.0. The molecule has 3 aromatic carbocycles. The maximum Gasteiger partial charge on any atom is 0.407 e. The Bertz CT molecular complexity index is 1350. The Morgan fingerprint density at radius 1 is 0.972 bits per heavy atom. The van der Waals surface area contributed by atoms with E-state index in [2.05, 4.69) is 4.72 Å². The summed E-state index contributed by atoms with van der Waals surface area (Å²) in [5, 5.41) is 0. The number of halogens is 1. The number of methoxy groups -OCH3 is 1. The first-order valence-electron chi connectivity index (χ1n) is 11.3. The second-order valence-electron chi connectivity index (χ2n) is 8.58. The fourth-order valence-electron chi connectivity index (χ4n) is 3.98. The third-order valence-electron chi connectivity index (χ3n) is 5.81. The monoisotopic (exact) mass is 514 g/mol. The summed E-state index contributed by atoms with van der Waals surface area (Å²) in [4.78, 5) is 14.9. The second-order valence-corrected chi connectivity index (χ2v) is 9.86. The standard InChI is InChI=1S/C26H27FN2O6S/c1-17-7-8-18(2)23(13-17)26(30)29-15-24(33-3)25(16-29)34-22-6-4-5-20(14-22)28-36(31,32)35-21-11-9-19(27)10-12-21/h4-14,24-25,28H,15-16H2,1-3H3. The van der Waals surface area contributed by atoms with Crippen LogP contribution in [0, 0.1) is 19.7 Å². The highest BCUT2D eigenvalue weighted by molar-refractivity contribution is 7.88. The molecule has 2 unspecified atom stereocenters. The normalized spacial score (nSPS) is 17.6. The molecule has 190 valence electrons. The molecule has 4 rings (SSSR count). The first-order valence-corrected chi connectivity index (χ1v) is 12.7. The van der Waals surface area contributed by atoms with E-state index in [0.29, 0.717) is 24.4 Å². The van der Waals surface area contributed by atoms with Crippen LogP contribution < -0.4 is 13.6 Å². The summed E-state index contributed by atoms with van der Waals surface area (Å²) in [6.45, 7) is 4.52. The lowest BCUT2D eigenvalue weighted by Gasteiger charge is -2.19. The molecule has 1 amide bonds. The van der Waals surface area contributed by atoms with Gasteiger partial charge in [-0.05, 0) is 61.9 Å². The topological polar surface area (TPSA) is 94.2 Å². The predicted octanol–water partition coefficient (Wildman–Crippen LogP) is 4.10. The molecule has 1 aliphatic rings. The second kappa shape index (κ2) is 10.5. The Morgan fingerprint density at radius 2 is 1.69 bits per heavy atom. The Hall–Kier alpha value is -3.63. The molecule has 36 heavy (non-hydrogen) atoms. The number of aryl methyl sites for hydroxylation is 2. The van der Waals surface area contributed by atoms with E-state index >= 15 is 0 Å². The zero-order chi connectivity index (χ0) is 25.9. The SMILES string of the molecule is COC1CN(C(=O)c2cc(C)ccc2C)CC1Oc1cccc(NS(=O)(=O)Oc2ccc(F)cc2)c1. The largest absolute Gasteiger partial charge is 0.486 e. The van der Waals surface area contributed by atoms with Crippen molar-refractivity contribution in [2.24, 2.45) is 0 Å². The molecule has 0 spiro atoms. The average molecular weight is 515 g/mol. The minimum Gasteiger partial charge on any atom is -0.486 e. The van der Waals surface area contributed by atoms with Crippen molar-refractivity contribution in [3.8, 4) is 11.5 Å². The highest BCUT2D eigenvalue weighted by atomic mass is 32.2. The number of hydrogen-bond donors (Lipinski definition) is 1. The number of benzene rings is 3. The van der Waals surface area contributed by atoms with Gasteiger partial charge in [-0.25, -0.2) is 4.39 Å². The number of anilines is 1. The molecule has 1 fully saturated rings. The van der Waals surface area contributed by atoms with Crippen molar-refractivity contribution in [2.45, 2.75) is 26.1 Å². The van der Waals surface area contributed by atoms with Gasteiger partial charge in [0.15, 0.2) is 0 Å². The quantitative estimate of drug-likeness (QED) is 0.487. The Labute approximate surface area is 209 Å². The summed E-state index contributed by atoms with van der Waals surface area (Å²) in [6, 6.07) is 16.7. The van der Waals surface area contributed by atoms with E-state index in [1.807, 2.05) is 32.0 Å². The minimum atomic E-state index is -4.22. The molecule has 0 bridgehead atoms. The van der Waals surface area contributed by atoms with E-state index in [-0.39, 0.29) is 23.4 Å². The maximum absolute atomic E-state index is 13.2. The highest BCUT2D eigenvalue weighted by Crippen LogP contribution is 2.26. The number of hydrogen-bond acceptors (Lipinski definition) is 6. The van der Waals surface area contributed by atoms with Gasteiger partial charge in [-0.2, -0.15) is 8.42 Å². The lowest BCUT2D eigenvalue weighted by Crippen LogP contribution is -2.32. The van der Waals surface area contributed by atoms with Crippen LogP contribution in [-0.4, -0.2) is 51.6 Å². The van der Waals surface area contributed by atoms with Crippen molar-refractivity contribution < 1.29 is 31.3 Å². The van der Waals surface area contributed by atoms with Crippen molar-refractivity contribution in [3.63, 3.8) is 0 Å². The smallest absolute Gasteiger partial charge is 0.407 e. The number of likely N-dealkylation sites (tertiary alicyclic amines) is 1. The summed E-state index contributed by atoms with van der Waals surface area (Å²) >= 11 is 0. The summed E-state index contributed by atoms with van der Waals surface area (Å²) in [5.74, 6) is -0.235. The van der Waals surface area contributed by atoms with E-state index in [9.17, 15) is 17.6 Å². The van der Waals surface area contributed by atoms with Crippen molar-refractivity contribution in [1.82, 2.24) is 4.90 Å². The molecular weight excluding hydrogens is 487 g/mol. The van der Waals surface area contributed by atoms with Crippen LogP contribution in [0.15, 0.2) is 66.7 Å². The van der Waals surface area contributed by atoms with Crippen LogP contribution in [0.2, 0.25) is 0 Å². The van der Waals surface area contributed by atoms with E-state index in [4.69, 9.17) is 13.7 Å². The van der Waals surface area contributed by atoms with Crippen LogP contribution in [0.5, 0.6) is 11.5 Å². The van der Waals surface area contributed by atoms with Crippen molar-refractivity contribution in [3.05, 3.63) is 89.2 Å². The number of carbonyl (C=O) groups is 1. The van der Waals surface area contributed by atoms with Gasteiger partial charge < -0.3 is 18.6 Å². The molecule has 8 nitrogen and oxygen atoms in total. The zero-order valence-electron chi connectivity index (χ0n) is 20.1. The molecule has 1 N–H and O–H groups in total. The predicted molar refractivity (Wildman–Crippen MR) is 133 cm³/mol. The van der Waals surface area contributed by atoms with E-state index in [1.165, 1.54) is 24.3 Å². The van der Waals surface area contributed by atoms with Crippen LogP contribution in [0.1, 0.15) is 21.5 Å². The molecule has 2 atom stereocenters. The van der Waals surface area contributed by atoms with Gasteiger partial charge in [-0.15, -0.1) is 0 Å². The lowest BCUT2D eigenvalue weighted by molar-refractivity contribution is 0.0340. The molecular formula is C26H27FN2O6S. The Morgan fingerprint density at radius 3 is 2.42 bits per heavy atom. The highest BCUT2D eigenvalue weighted by Gasteiger charge is 2.37. The van der Waals surface area contributed by atoms with Gasteiger partial charge >= 0.3 is 10.3 Å². The number of rotatable bonds is 8. The molecule has 0 aromatic heterocycles. The summed E-state index contributed by atoms with van der Waals surface area (Å²) in [7, 11) is -2.66. The maximum atomic E-state index is 13.2. The van der Waals surface area contributed by atoms with Crippen LogP contribution in [0.3, 0.4) is 0 Å². The number of ether oxygens (including phenoxy) is 2. The average Bonchev–Trinajstić information content (AvgIpc) is 3.24. The molecule has 0 radical (unpaired) electrons. The number of amides is 1. The third kappa shape index (κ3) is 6.13. The van der Waals surface area contributed by atoms with Crippen molar-refractivity contribution >= 4 is 21.9 Å². The summed E-state index contributed by atoms with van der Waals surface area (Å²) in [6.07, 6.45) is -0.812. The molecule has 3 aromatic rings. The van der Waals surface area contributed by atoms with Gasteiger partial charge in [0.2, 0.25) is 0 Å². The van der Waals surface area contributed by atoms with E-state index in [1.54, 1.807) is 24.1 Å². The van der Waals surface area contributed by atoms with Gasteiger partial charge in [0, 0.05) is 18.7 Å². The van der Waals surface area contributed by atoms with Gasteiger partial charge in [0.25, 0.3) is 5.91 Å². The van der Waals surface area contributed by atoms with Gasteiger partial charge in [0.1, 0.15) is 29.5 Å². The fourth-order valence-corrected chi connectivity index (χ4v) is 4.80. The van der Waals surface area contributed by atoms with Gasteiger partial charge in [-0.3, -0.25) is 9.52 Å². The first kappa shape index (κ1) is 25.5. The van der Waals surface area contributed by atoms with E-state index < -0.39 is 22.2 Å². The molecule has 10 heteroatoms. The van der Waals surface area contributed by atoms with Crippen LogP contribution in [0.4, 0.5) is 10.1 Å². The van der Waals surface area contributed by atoms with Crippen LogP contribution >= 0.6 is 0 Å².